The zero-order valence-electron chi connectivity index (χ0n) is 16.2. The second-order valence-corrected chi connectivity index (χ2v) is 8.33. The van der Waals surface area contributed by atoms with Crippen LogP contribution in [0, 0.1) is 5.82 Å². The summed E-state index contributed by atoms with van der Waals surface area (Å²) in [6.07, 6.45) is -3.08. The van der Waals surface area contributed by atoms with E-state index in [1.807, 2.05) is 12.1 Å². The molecule has 0 aliphatic carbocycles. The average molecular weight is 481 g/mol. The van der Waals surface area contributed by atoms with Crippen molar-refractivity contribution < 1.29 is 17.6 Å². The van der Waals surface area contributed by atoms with Crippen molar-refractivity contribution >= 4 is 40.1 Å². The van der Waals surface area contributed by atoms with Crippen LogP contribution in [0.15, 0.2) is 48.7 Å². The lowest BCUT2D eigenvalue weighted by atomic mass is 9.92. The SMILES string of the molecule is Fc1cc(Cl)ccc1C1c2[nH]c3ccc(Cl)cc3c2CCN1c1nccc(C(F)(F)F)n1. The maximum absolute atomic E-state index is 15.0. The van der Waals surface area contributed by atoms with Gasteiger partial charge in [-0.3, -0.25) is 0 Å². The van der Waals surface area contributed by atoms with Gasteiger partial charge in [0.2, 0.25) is 5.95 Å². The number of halogens is 6. The lowest BCUT2D eigenvalue weighted by Crippen LogP contribution is -2.38. The number of aromatic amines is 1. The van der Waals surface area contributed by atoms with Gasteiger partial charge >= 0.3 is 6.18 Å². The van der Waals surface area contributed by atoms with E-state index in [0.29, 0.717) is 17.1 Å². The number of rotatable bonds is 2. The van der Waals surface area contributed by atoms with Crippen molar-refractivity contribution in [1.29, 1.82) is 0 Å². The van der Waals surface area contributed by atoms with Crippen LogP contribution in [-0.2, 0) is 12.6 Å². The third kappa shape index (κ3) is 3.57. The molecule has 1 N–H and O–H groups in total. The second kappa shape index (κ2) is 7.64. The number of nitrogens with one attached hydrogen (secondary N) is 1. The summed E-state index contributed by atoms with van der Waals surface area (Å²) in [4.78, 5) is 12.7. The molecule has 2 aromatic carbocycles. The Morgan fingerprint density at radius 3 is 2.53 bits per heavy atom. The third-order valence-corrected chi connectivity index (χ3v) is 6.01. The van der Waals surface area contributed by atoms with Gasteiger partial charge in [-0.05, 0) is 48.4 Å². The highest BCUT2D eigenvalue weighted by molar-refractivity contribution is 6.31. The molecule has 0 bridgehead atoms. The molecule has 1 aliphatic rings. The van der Waals surface area contributed by atoms with Crippen LogP contribution in [0.3, 0.4) is 0 Å². The number of anilines is 1. The number of aromatic nitrogens is 3. The van der Waals surface area contributed by atoms with Crippen molar-refractivity contribution in [3.05, 3.63) is 87.0 Å². The topological polar surface area (TPSA) is 44.8 Å². The second-order valence-electron chi connectivity index (χ2n) is 7.46. The van der Waals surface area contributed by atoms with E-state index in [2.05, 4.69) is 15.0 Å². The lowest BCUT2D eigenvalue weighted by Gasteiger charge is -2.36. The molecular formula is C22H14Cl2F4N4. The van der Waals surface area contributed by atoms with Gasteiger partial charge in [-0.15, -0.1) is 0 Å². The maximum atomic E-state index is 15.0. The lowest BCUT2D eigenvalue weighted by molar-refractivity contribution is -0.141. The fraction of sp³-hybridized carbons (Fsp3) is 0.182. The molecule has 0 amide bonds. The van der Waals surface area contributed by atoms with Crippen molar-refractivity contribution in [2.45, 2.75) is 18.6 Å². The molecule has 3 heterocycles. The maximum Gasteiger partial charge on any atom is 0.433 e. The van der Waals surface area contributed by atoms with Crippen LogP contribution >= 0.6 is 23.2 Å². The van der Waals surface area contributed by atoms with Crippen molar-refractivity contribution in [2.75, 3.05) is 11.4 Å². The number of hydrogen-bond donors (Lipinski definition) is 1. The molecule has 1 unspecified atom stereocenters. The Hall–Kier alpha value is -2.84. The first-order chi connectivity index (χ1) is 15.2. The van der Waals surface area contributed by atoms with Crippen LogP contribution in [0.5, 0.6) is 0 Å². The first kappa shape index (κ1) is 21.0. The van der Waals surface area contributed by atoms with Crippen LogP contribution < -0.4 is 4.90 Å². The summed E-state index contributed by atoms with van der Waals surface area (Å²) >= 11 is 12.1. The van der Waals surface area contributed by atoms with E-state index in [-0.39, 0.29) is 23.1 Å². The van der Waals surface area contributed by atoms with Crippen molar-refractivity contribution in [1.82, 2.24) is 15.0 Å². The van der Waals surface area contributed by atoms with E-state index in [1.54, 1.807) is 17.0 Å². The number of H-pyrrole nitrogens is 1. The van der Waals surface area contributed by atoms with E-state index in [0.717, 1.165) is 28.7 Å². The van der Waals surface area contributed by atoms with Crippen molar-refractivity contribution in [3.8, 4) is 0 Å². The minimum absolute atomic E-state index is 0.137. The summed E-state index contributed by atoms with van der Waals surface area (Å²) in [5, 5.41) is 1.65. The average Bonchev–Trinajstić information content (AvgIpc) is 3.11. The largest absolute Gasteiger partial charge is 0.433 e. The molecule has 0 saturated heterocycles. The predicted molar refractivity (Wildman–Crippen MR) is 115 cm³/mol. The number of hydrogen-bond acceptors (Lipinski definition) is 3. The van der Waals surface area contributed by atoms with E-state index in [4.69, 9.17) is 23.2 Å². The first-order valence-electron chi connectivity index (χ1n) is 9.64. The Bertz CT molecular complexity index is 1340. The molecular weight excluding hydrogens is 467 g/mol. The zero-order chi connectivity index (χ0) is 22.6. The summed E-state index contributed by atoms with van der Waals surface area (Å²) < 4.78 is 54.9. The number of alkyl halides is 3. The predicted octanol–water partition coefficient (Wildman–Crippen LogP) is 6.57. The molecule has 2 aromatic heterocycles. The van der Waals surface area contributed by atoms with Crippen LogP contribution in [0.25, 0.3) is 10.9 Å². The van der Waals surface area contributed by atoms with Gasteiger partial charge in [0.25, 0.3) is 0 Å². The molecule has 0 spiro atoms. The van der Waals surface area contributed by atoms with Gasteiger partial charge < -0.3 is 9.88 Å². The van der Waals surface area contributed by atoms with Gasteiger partial charge in [-0.2, -0.15) is 13.2 Å². The zero-order valence-corrected chi connectivity index (χ0v) is 17.7. The van der Waals surface area contributed by atoms with E-state index in [9.17, 15) is 13.2 Å². The van der Waals surface area contributed by atoms with Gasteiger partial charge in [0.1, 0.15) is 17.6 Å². The third-order valence-electron chi connectivity index (χ3n) is 5.54. The van der Waals surface area contributed by atoms with Crippen LogP contribution in [0.2, 0.25) is 10.0 Å². The normalized spacial score (nSPS) is 16.4. The van der Waals surface area contributed by atoms with Gasteiger partial charge in [-0.25, -0.2) is 14.4 Å². The highest BCUT2D eigenvalue weighted by atomic mass is 35.5. The smallest absolute Gasteiger partial charge is 0.356 e. The molecule has 32 heavy (non-hydrogen) atoms. The molecule has 1 aliphatic heterocycles. The highest BCUT2D eigenvalue weighted by Crippen LogP contribution is 2.42. The number of benzene rings is 2. The number of fused-ring (bicyclic) bond motifs is 3. The Morgan fingerprint density at radius 2 is 1.78 bits per heavy atom. The summed E-state index contributed by atoms with van der Waals surface area (Å²) in [6, 6.07) is 9.63. The Labute approximate surface area is 189 Å². The van der Waals surface area contributed by atoms with Crippen LogP contribution in [0.4, 0.5) is 23.5 Å². The molecule has 10 heteroatoms. The molecule has 4 aromatic rings. The van der Waals surface area contributed by atoms with Crippen LogP contribution in [0.1, 0.15) is 28.6 Å². The highest BCUT2D eigenvalue weighted by Gasteiger charge is 2.37. The molecule has 164 valence electrons. The quantitative estimate of drug-likeness (QED) is 0.329. The summed E-state index contributed by atoms with van der Waals surface area (Å²) in [5.41, 5.74) is 1.55. The van der Waals surface area contributed by atoms with Gasteiger partial charge in [0.15, 0.2) is 0 Å². The standard InChI is InChI=1S/C22H14Cl2F4N4/c23-11-2-4-17-15(9-11)13-6-8-32(21-29-7-5-18(31-21)22(26,27)28)20(19(13)30-17)14-3-1-12(24)10-16(14)25/h1-5,7,9-10,20,30H,6,8H2. The van der Waals surface area contributed by atoms with Gasteiger partial charge in [-0.1, -0.05) is 29.3 Å². The molecule has 1 atom stereocenters. The monoisotopic (exact) mass is 480 g/mol. The van der Waals surface area contributed by atoms with Gasteiger partial charge in [0, 0.05) is 44.9 Å². The molecule has 0 saturated carbocycles. The van der Waals surface area contributed by atoms with Crippen LogP contribution in [-0.4, -0.2) is 21.5 Å². The number of nitrogens with zero attached hydrogens (tertiary/aromatic N) is 3. The summed E-state index contributed by atoms with van der Waals surface area (Å²) in [7, 11) is 0. The summed E-state index contributed by atoms with van der Waals surface area (Å²) in [6.45, 7) is 0.278. The first-order valence-corrected chi connectivity index (χ1v) is 10.4. The Balaban J connectivity index is 1.72. The van der Waals surface area contributed by atoms with E-state index in [1.165, 1.54) is 12.1 Å². The molecule has 4 nitrogen and oxygen atoms in total. The van der Waals surface area contributed by atoms with E-state index < -0.39 is 23.7 Å². The van der Waals surface area contributed by atoms with E-state index >= 15 is 4.39 Å². The van der Waals surface area contributed by atoms with Gasteiger partial charge in [0.05, 0.1) is 0 Å². The Morgan fingerprint density at radius 1 is 1.03 bits per heavy atom. The fourth-order valence-corrected chi connectivity index (χ4v) is 4.50. The Kier molecular flexibility index (Phi) is 5.02. The summed E-state index contributed by atoms with van der Waals surface area (Å²) in [5.74, 6) is -0.717. The minimum Gasteiger partial charge on any atom is -0.356 e. The van der Waals surface area contributed by atoms with Crippen molar-refractivity contribution in [2.24, 2.45) is 0 Å². The molecule has 5 rings (SSSR count). The molecule has 0 fully saturated rings. The fourth-order valence-electron chi connectivity index (χ4n) is 4.17. The molecule has 0 radical (unpaired) electrons. The minimum atomic E-state index is -4.63. The van der Waals surface area contributed by atoms with Crippen molar-refractivity contribution in [3.63, 3.8) is 0 Å².